The Morgan fingerprint density at radius 2 is 0.962 bits per heavy atom. The third-order valence-corrected chi connectivity index (χ3v) is 10.7. The van der Waals surface area contributed by atoms with Crippen molar-refractivity contribution in [2.45, 2.75) is 118 Å². The maximum atomic E-state index is 13.1. The van der Waals surface area contributed by atoms with Gasteiger partial charge in [-0.3, -0.25) is 4.79 Å². The van der Waals surface area contributed by atoms with Crippen LogP contribution in [0.4, 0.5) is 62.3 Å². The van der Waals surface area contributed by atoms with Gasteiger partial charge in [0.05, 0.1) is 22.3 Å². The molecule has 0 saturated carbocycles. The fourth-order valence-electron chi connectivity index (χ4n) is 7.19. The molecular weight excluding hydrogens is 1080 g/mol. The summed E-state index contributed by atoms with van der Waals surface area (Å²) in [6.07, 6.45) is -11.0. The van der Waals surface area contributed by atoms with Gasteiger partial charge in [0.2, 0.25) is 5.91 Å². The van der Waals surface area contributed by atoms with Crippen LogP contribution in [0.1, 0.15) is 104 Å². The van der Waals surface area contributed by atoms with E-state index in [0.29, 0.717) is 55.9 Å². The summed E-state index contributed by atoms with van der Waals surface area (Å²) < 4.78 is 168. The maximum Gasteiger partial charge on any atom is 0.416 e. The van der Waals surface area contributed by atoms with Gasteiger partial charge in [0.25, 0.3) is 0 Å². The number of alkyl halides is 12. The average Bonchev–Trinajstić information content (AvgIpc) is 4.01. The SMILES string of the molecule is C.C.CC(C)(C)OC(=O)N1CCCC(CN)C1.CC(C)(C)OC(=O)N1CCCC(CNC(=O)/C=C\n2cnc(-c3cc(C(F)(F)F)cc(C(F)(F)F)c3)n2)C1.O=C(O)/C=C\n1cnc(-c2cc(C(F)(F)F)cc(C(F)(F)F)c2)n1. The molecule has 0 spiro atoms. The number of likely N-dealkylation sites (tertiary alicyclic amines) is 2. The van der Waals surface area contributed by atoms with Crippen molar-refractivity contribution in [2.24, 2.45) is 17.6 Å². The van der Waals surface area contributed by atoms with E-state index in [9.17, 15) is 71.9 Å². The molecular formula is C50H64F12N10O7. The molecule has 0 aliphatic carbocycles. The summed E-state index contributed by atoms with van der Waals surface area (Å²) in [6.45, 7) is 14.4. The highest BCUT2D eigenvalue weighted by Crippen LogP contribution is 2.40. The highest BCUT2D eigenvalue weighted by atomic mass is 19.4. The molecule has 0 bridgehead atoms. The number of halogens is 12. The summed E-state index contributed by atoms with van der Waals surface area (Å²) in [5.41, 5.74) is -2.35. The molecule has 4 N–H and O–H groups in total. The van der Waals surface area contributed by atoms with Gasteiger partial charge in [-0.1, -0.05) is 14.9 Å². The first kappa shape index (κ1) is 67.9. The molecule has 2 atom stereocenters. The maximum absolute atomic E-state index is 13.1. The summed E-state index contributed by atoms with van der Waals surface area (Å²) in [5, 5.41) is 18.6. The minimum Gasteiger partial charge on any atom is -0.478 e. The monoisotopic (exact) mass is 1140 g/mol. The van der Waals surface area contributed by atoms with Crippen molar-refractivity contribution in [1.82, 2.24) is 44.6 Å². The molecule has 2 fully saturated rings. The van der Waals surface area contributed by atoms with E-state index in [2.05, 4.69) is 25.5 Å². The molecule has 4 aromatic rings. The number of nitrogens with zero attached hydrogens (tertiary/aromatic N) is 8. The average molecular weight is 1150 g/mol. The van der Waals surface area contributed by atoms with E-state index in [4.69, 9.17) is 20.3 Å². The van der Waals surface area contributed by atoms with Crippen LogP contribution in [0.15, 0.2) is 61.2 Å². The lowest BCUT2D eigenvalue weighted by molar-refractivity contribution is -0.144. The summed E-state index contributed by atoms with van der Waals surface area (Å²) in [5.74, 6) is -2.17. The molecule has 4 heterocycles. The molecule has 2 aliphatic heterocycles. The van der Waals surface area contributed by atoms with Gasteiger partial charge in [-0.25, -0.2) is 33.7 Å². The topological polar surface area (TPSA) is 213 Å². The molecule has 3 amide bonds. The Kier molecular flexibility index (Phi) is 23.7. The van der Waals surface area contributed by atoms with E-state index in [1.807, 2.05) is 20.8 Å². The Labute approximate surface area is 447 Å². The van der Waals surface area contributed by atoms with Crippen molar-refractivity contribution in [3.8, 4) is 22.8 Å². The predicted octanol–water partition coefficient (Wildman–Crippen LogP) is 11.6. The number of nitrogens with two attached hydrogens (primary N) is 1. The normalized spacial score (nSPS) is 16.4. The number of carbonyl (C=O) groups excluding carboxylic acids is 3. The Morgan fingerprint density at radius 1 is 0.608 bits per heavy atom. The van der Waals surface area contributed by atoms with Crippen LogP contribution in [0.5, 0.6) is 0 Å². The lowest BCUT2D eigenvalue weighted by Crippen LogP contribution is -2.45. The van der Waals surface area contributed by atoms with E-state index < -0.39 is 93.1 Å². The molecule has 2 aromatic heterocycles. The highest BCUT2D eigenvalue weighted by Gasteiger charge is 2.39. The number of carboxylic acids is 1. The fourth-order valence-corrected chi connectivity index (χ4v) is 7.19. The molecule has 0 radical (unpaired) electrons. The predicted molar refractivity (Wildman–Crippen MR) is 266 cm³/mol. The zero-order valence-electron chi connectivity index (χ0n) is 42.2. The standard InChI is InChI=1S/C24H27F6N5O3.C13H7F6N3O2.C11H22N2O2.2CH4/c1-22(2,3)38-21(37)34-7-4-5-15(13-34)12-31-19(36)6-8-35-14-32-20(33-35)16-9-17(23(25,26)27)11-18(10-16)24(28,29)30;14-12(15,16)8-3-7(4-9(5-8)13(17,18)19)11-20-6-22(21-11)2-1-10(23)24;1-11(2,3)15-10(14)13-6-4-5-9(7-12)8-13;;/h6,8-11,14-15H,4-5,7,12-13H2,1-3H3,(H,31,36);1-6H,(H,23,24);9H,4-8,12H2,1-3H3;2*1H4/b8-6-;2-1-;;;. The van der Waals surface area contributed by atoms with E-state index in [0.717, 1.165) is 79.3 Å². The van der Waals surface area contributed by atoms with Gasteiger partial charge < -0.3 is 35.4 Å². The van der Waals surface area contributed by atoms with Gasteiger partial charge >= 0.3 is 42.9 Å². The minimum absolute atomic E-state index is 0. The first-order valence-corrected chi connectivity index (χ1v) is 23.3. The van der Waals surface area contributed by atoms with E-state index in [1.165, 1.54) is 0 Å². The minimum atomic E-state index is -5.00. The lowest BCUT2D eigenvalue weighted by Gasteiger charge is -2.34. The molecule has 17 nitrogen and oxygen atoms in total. The first-order valence-electron chi connectivity index (χ1n) is 23.3. The third kappa shape index (κ3) is 22.6. The highest BCUT2D eigenvalue weighted by molar-refractivity contribution is 5.90. The van der Waals surface area contributed by atoms with Crippen LogP contribution < -0.4 is 11.1 Å². The second kappa shape index (κ2) is 27.6. The van der Waals surface area contributed by atoms with Crippen LogP contribution in [0.3, 0.4) is 0 Å². The zero-order chi connectivity index (χ0) is 57.9. The summed E-state index contributed by atoms with van der Waals surface area (Å²) >= 11 is 0. The smallest absolute Gasteiger partial charge is 0.416 e. The number of rotatable bonds is 9. The molecule has 29 heteroatoms. The molecule has 2 unspecified atom stereocenters. The quantitative estimate of drug-likeness (QED) is 0.105. The fraction of sp³-hybridized carbons (Fsp3) is 0.520. The number of nitrogens with one attached hydrogen (secondary N) is 1. The largest absolute Gasteiger partial charge is 0.478 e. The Balaban J connectivity index is 0.000000444. The number of aliphatic carboxylic acids is 1. The van der Waals surface area contributed by atoms with Gasteiger partial charge in [-0.05, 0) is 122 Å². The zero-order valence-corrected chi connectivity index (χ0v) is 42.2. The van der Waals surface area contributed by atoms with Crippen molar-refractivity contribution in [1.29, 1.82) is 0 Å². The van der Waals surface area contributed by atoms with Crippen molar-refractivity contribution >= 4 is 36.5 Å². The van der Waals surface area contributed by atoms with Crippen LogP contribution in [0.25, 0.3) is 35.2 Å². The van der Waals surface area contributed by atoms with Crippen LogP contribution in [-0.4, -0.2) is 119 Å². The first-order chi connectivity index (χ1) is 35.4. The second-order valence-corrected chi connectivity index (χ2v) is 19.5. The second-order valence-electron chi connectivity index (χ2n) is 19.5. The number of benzene rings is 2. The molecule has 2 aromatic carbocycles. The van der Waals surface area contributed by atoms with E-state index in [-0.39, 0.29) is 51.4 Å². The lowest BCUT2D eigenvalue weighted by atomic mass is 9.98. The van der Waals surface area contributed by atoms with Gasteiger partial charge in [0.15, 0.2) is 11.6 Å². The van der Waals surface area contributed by atoms with Crippen LogP contribution in [0, 0.1) is 11.8 Å². The van der Waals surface area contributed by atoms with Crippen LogP contribution >= 0.6 is 0 Å². The Bertz CT molecular complexity index is 2660. The number of hydrogen-bond donors (Lipinski definition) is 3. The number of ether oxygens (including phenoxy) is 2. The number of aromatic nitrogens is 6. The number of hydrogen-bond acceptors (Lipinski definition) is 11. The third-order valence-electron chi connectivity index (χ3n) is 10.7. The van der Waals surface area contributed by atoms with Crippen LogP contribution in [0.2, 0.25) is 0 Å². The van der Waals surface area contributed by atoms with E-state index in [1.54, 1.807) is 30.6 Å². The molecule has 440 valence electrons. The summed E-state index contributed by atoms with van der Waals surface area (Å²) in [4.78, 5) is 57.3. The van der Waals surface area contributed by atoms with Gasteiger partial charge in [-0.15, -0.1) is 10.2 Å². The van der Waals surface area contributed by atoms with Crippen molar-refractivity contribution in [3.05, 3.63) is 83.5 Å². The van der Waals surface area contributed by atoms with Crippen molar-refractivity contribution < 1.29 is 86.4 Å². The van der Waals surface area contributed by atoms with Gasteiger partial charge in [0.1, 0.15) is 23.9 Å². The number of amides is 3. The molecule has 2 saturated heterocycles. The molecule has 79 heavy (non-hydrogen) atoms. The summed E-state index contributed by atoms with van der Waals surface area (Å²) in [7, 11) is 0. The number of carbonyl (C=O) groups is 4. The number of piperidine rings is 2. The number of carboxylic acid groups (broad SMARTS) is 1. The molecule has 6 rings (SSSR count). The summed E-state index contributed by atoms with van der Waals surface area (Å²) in [6, 6.07) is 2.02. The van der Waals surface area contributed by atoms with Crippen molar-refractivity contribution in [3.63, 3.8) is 0 Å². The Morgan fingerprint density at radius 3 is 1.30 bits per heavy atom. The Hall–Kier alpha value is -7.20. The van der Waals surface area contributed by atoms with Crippen LogP contribution in [-0.2, 0) is 43.8 Å². The van der Waals surface area contributed by atoms with Crippen molar-refractivity contribution in [2.75, 3.05) is 39.3 Å². The molecule has 2 aliphatic rings. The van der Waals surface area contributed by atoms with E-state index >= 15 is 0 Å². The van der Waals surface area contributed by atoms with Gasteiger partial charge in [0, 0.05) is 68.4 Å². The van der Waals surface area contributed by atoms with Gasteiger partial charge in [-0.2, -0.15) is 52.7 Å².